The van der Waals surface area contributed by atoms with E-state index in [9.17, 15) is 9.18 Å². The minimum absolute atomic E-state index is 0.318. The standard InChI is InChI=1S/C16H20FNO2/c1-11-7-14(11)10-18(2)9-12-3-5-15(17)13(8-12)4-6-16(19)20/h3-6,8,11,14H,7,9-10H2,1-2H3,(H,19,20). The van der Waals surface area contributed by atoms with Crippen LogP contribution in [0.2, 0.25) is 0 Å². The summed E-state index contributed by atoms with van der Waals surface area (Å²) in [6.45, 7) is 4.06. The molecule has 1 saturated carbocycles. The van der Waals surface area contributed by atoms with E-state index in [-0.39, 0.29) is 0 Å². The van der Waals surface area contributed by atoms with Crippen LogP contribution < -0.4 is 0 Å². The smallest absolute Gasteiger partial charge is 0.328 e. The number of hydrogen-bond acceptors (Lipinski definition) is 2. The Balaban J connectivity index is 2.00. The highest BCUT2D eigenvalue weighted by Crippen LogP contribution is 2.38. The van der Waals surface area contributed by atoms with Crippen molar-refractivity contribution in [1.82, 2.24) is 4.90 Å². The zero-order chi connectivity index (χ0) is 14.7. The van der Waals surface area contributed by atoms with E-state index in [4.69, 9.17) is 5.11 Å². The number of aliphatic carboxylic acids is 1. The van der Waals surface area contributed by atoms with Crippen molar-refractivity contribution in [3.05, 3.63) is 41.2 Å². The van der Waals surface area contributed by atoms with Gasteiger partial charge in [-0.25, -0.2) is 9.18 Å². The molecule has 108 valence electrons. The predicted molar refractivity (Wildman–Crippen MR) is 76.7 cm³/mol. The molecule has 2 unspecified atom stereocenters. The average molecular weight is 277 g/mol. The highest BCUT2D eigenvalue weighted by atomic mass is 19.1. The van der Waals surface area contributed by atoms with E-state index in [2.05, 4.69) is 18.9 Å². The Morgan fingerprint density at radius 2 is 2.25 bits per heavy atom. The lowest BCUT2D eigenvalue weighted by molar-refractivity contribution is -0.131. The van der Waals surface area contributed by atoms with E-state index in [1.54, 1.807) is 12.1 Å². The third kappa shape index (κ3) is 4.17. The van der Waals surface area contributed by atoms with Crippen LogP contribution in [-0.2, 0) is 11.3 Å². The topological polar surface area (TPSA) is 40.5 Å². The van der Waals surface area contributed by atoms with Crippen LogP contribution >= 0.6 is 0 Å². The van der Waals surface area contributed by atoms with Gasteiger partial charge in [0.05, 0.1) is 0 Å². The quantitative estimate of drug-likeness (QED) is 0.813. The molecule has 0 aromatic heterocycles. The summed E-state index contributed by atoms with van der Waals surface area (Å²) in [6.07, 6.45) is 3.54. The zero-order valence-corrected chi connectivity index (χ0v) is 11.8. The molecule has 0 spiro atoms. The summed E-state index contributed by atoms with van der Waals surface area (Å²) in [6, 6.07) is 4.85. The maximum Gasteiger partial charge on any atom is 0.328 e. The highest BCUT2D eigenvalue weighted by molar-refractivity contribution is 5.85. The summed E-state index contributed by atoms with van der Waals surface area (Å²) < 4.78 is 13.6. The van der Waals surface area contributed by atoms with Gasteiger partial charge in [0.15, 0.2) is 0 Å². The number of hydrogen-bond donors (Lipinski definition) is 1. The molecule has 0 heterocycles. The summed E-state index contributed by atoms with van der Waals surface area (Å²) in [4.78, 5) is 12.7. The van der Waals surface area contributed by atoms with Crippen molar-refractivity contribution in [1.29, 1.82) is 0 Å². The van der Waals surface area contributed by atoms with Gasteiger partial charge >= 0.3 is 5.97 Å². The zero-order valence-electron chi connectivity index (χ0n) is 11.8. The Morgan fingerprint density at radius 1 is 1.55 bits per heavy atom. The van der Waals surface area contributed by atoms with E-state index in [0.29, 0.717) is 5.56 Å². The molecule has 1 aliphatic carbocycles. The molecule has 0 saturated heterocycles. The van der Waals surface area contributed by atoms with Gasteiger partial charge in [-0.15, -0.1) is 0 Å². The van der Waals surface area contributed by atoms with Gasteiger partial charge in [0.25, 0.3) is 0 Å². The van der Waals surface area contributed by atoms with Crippen LogP contribution in [0, 0.1) is 17.7 Å². The summed E-state index contributed by atoms with van der Waals surface area (Å²) in [5, 5.41) is 8.59. The van der Waals surface area contributed by atoms with Crippen molar-refractivity contribution in [2.24, 2.45) is 11.8 Å². The SMILES string of the molecule is CC1CC1CN(C)Cc1ccc(F)c(C=CC(=O)O)c1. The number of carboxylic acids is 1. The Hall–Kier alpha value is -1.68. The third-order valence-electron chi connectivity index (χ3n) is 3.74. The fourth-order valence-corrected chi connectivity index (χ4v) is 2.41. The molecule has 0 aliphatic heterocycles. The molecule has 4 heteroatoms. The molecule has 3 nitrogen and oxygen atoms in total. The number of benzene rings is 1. The van der Waals surface area contributed by atoms with Crippen LogP contribution in [-0.4, -0.2) is 29.6 Å². The van der Waals surface area contributed by atoms with Crippen molar-refractivity contribution < 1.29 is 14.3 Å². The lowest BCUT2D eigenvalue weighted by Crippen LogP contribution is -2.21. The molecule has 1 aromatic carbocycles. The highest BCUT2D eigenvalue weighted by Gasteiger charge is 2.32. The van der Waals surface area contributed by atoms with Gasteiger partial charge in [-0.3, -0.25) is 0 Å². The average Bonchev–Trinajstić information content (AvgIpc) is 3.05. The van der Waals surface area contributed by atoms with Crippen LogP contribution in [0.4, 0.5) is 4.39 Å². The second kappa shape index (κ2) is 6.18. The van der Waals surface area contributed by atoms with E-state index in [1.807, 2.05) is 0 Å². The van der Waals surface area contributed by atoms with Crippen molar-refractivity contribution >= 4 is 12.0 Å². The minimum Gasteiger partial charge on any atom is -0.478 e. The number of nitrogens with zero attached hydrogens (tertiary/aromatic N) is 1. The molecule has 2 rings (SSSR count). The van der Waals surface area contributed by atoms with Gasteiger partial charge in [-0.1, -0.05) is 13.0 Å². The van der Waals surface area contributed by atoms with Crippen molar-refractivity contribution in [2.45, 2.75) is 19.9 Å². The largest absolute Gasteiger partial charge is 0.478 e. The molecular formula is C16H20FNO2. The molecule has 2 atom stereocenters. The number of halogens is 1. The molecule has 20 heavy (non-hydrogen) atoms. The molecular weight excluding hydrogens is 257 g/mol. The number of rotatable bonds is 6. The second-order valence-electron chi connectivity index (χ2n) is 5.70. The van der Waals surface area contributed by atoms with E-state index in [0.717, 1.165) is 36.6 Å². The van der Waals surface area contributed by atoms with E-state index >= 15 is 0 Å². The van der Waals surface area contributed by atoms with Gasteiger partial charge in [0, 0.05) is 24.7 Å². The van der Waals surface area contributed by atoms with Crippen LogP contribution in [0.15, 0.2) is 24.3 Å². The van der Waals surface area contributed by atoms with Gasteiger partial charge in [0.1, 0.15) is 5.82 Å². The Labute approximate surface area is 118 Å². The first kappa shape index (κ1) is 14.7. The van der Waals surface area contributed by atoms with Gasteiger partial charge < -0.3 is 10.0 Å². The predicted octanol–water partition coefficient (Wildman–Crippen LogP) is 3.01. The van der Waals surface area contributed by atoms with Crippen molar-refractivity contribution in [2.75, 3.05) is 13.6 Å². The first-order valence-corrected chi connectivity index (χ1v) is 6.83. The molecule has 1 aromatic rings. The maximum atomic E-state index is 13.6. The van der Waals surface area contributed by atoms with Gasteiger partial charge in [-0.05, 0) is 49.1 Å². The Bertz CT molecular complexity index is 527. The number of carbonyl (C=O) groups is 1. The molecule has 0 amide bonds. The molecule has 0 radical (unpaired) electrons. The maximum absolute atomic E-state index is 13.6. The van der Waals surface area contributed by atoms with E-state index < -0.39 is 11.8 Å². The fraction of sp³-hybridized carbons (Fsp3) is 0.438. The fourth-order valence-electron chi connectivity index (χ4n) is 2.41. The summed E-state index contributed by atoms with van der Waals surface area (Å²) in [5.41, 5.74) is 1.31. The molecule has 1 N–H and O–H groups in total. The lowest BCUT2D eigenvalue weighted by atomic mass is 10.1. The van der Waals surface area contributed by atoms with Crippen molar-refractivity contribution in [3.8, 4) is 0 Å². The van der Waals surface area contributed by atoms with Crippen LogP contribution in [0.5, 0.6) is 0 Å². The van der Waals surface area contributed by atoms with Gasteiger partial charge in [-0.2, -0.15) is 0 Å². The van der Waals surface area contributed by atoms with E-state index in [1.165, 1.54) is 18.6 Å². The Kier molecular flexibility index (Phi) is 4.55. The minimum atomic E-state index is -1.07. The summed E-state index contributed by atoms with van der Waals surface area (Å²) in [5.74, 6) is 0.130. The summed E-state index contributed by atoms with van der Waals surface area (Å²) >= 11 is 0. The lowest BCUT2D eigenvalue weighted by Gasteiger charge is -2.17. The molecule has 0 bridgehead atoms. The van der Waals surface area contributed by atoms with Gasteiger partial charge in [0.2, 0.25) is 0 Å². The molecule has 1 fully saturated rings. The number of carboxylic acid groups (broad SMARTS) is 1. The van der Waals surface area contributed by atoms with Crippen molar-refractivity contribution in [3.63, 3.8) is 0 Å². The Morgan fingerprint density at radius 3 is 2.85 bits per heavy atom. The van der Waals surface area contributed by atoms with Crippen LogP contribution in [0.3, 0.4) is 0 Å². The summed E-state index contributed by atoms with van der Waals surface area (Å²) in [7, 11) is 2.06. The second-order valence-corrected chi connectivity index (χ2v) is 5.70. The normalized spacial score (nSPS) is 21.6. The van der Waals surface area contributed by atoms with Crippen LogP contribution in [0.1, 0.15) is 24.5 Å². The molecule has 1 aliphatic rings. The first-order valence-electron chi connectivity index (χ1n) is 6.83. The third-order valence-corrected chi connectivity index (χ3v) is 3.74. The first-order chi connectivity index (χ1) is 9.45. The monoisotopic (exact) mass is 277 g/mol. The van der Waals surface area contributed by atoms with Crippen LogP contribution in [0.25, 0.3) is 6.08 Å².